The Kier molecular flexibility index (Phi) is 3.38. The van der Waals surface area contributed by atoms with E-state index in [1.807, 2.05) is 0 Å². The molecule has 0 aromatic rings. The lowest BCUT2D eigenvalue weighted by Crippen LogP contribution is -2.58. The lowest BCUT2D eigenvalue weighted by atomic mass is 9.46. The molecule has 3 aliphatic carbocycles. The van der Waals surface area contributed by atoms with Gasteiger partial charge in [0.05, 0.1) is 6.10 Å². The molecule has 4 fully saturated rings. The van der Waals surface area contributed by atoms with E-state index >= 15 is 0 Å². The van der Waals surface area contributed by atoms with Gasteiger partial charge in [-0.05, 0) is 81.5 Å². The molecule has 3 heteroatoms. The van der Waals surface area contributed by atoms with Crippen molar-refractivity contribution in [2.75, 3.05) is 0 Å². The van der Waals surface area contributed by atoms with Gasteiger partial charge in [0.1, 0.15) is 5.60 Å². The first-order valence-electron chi connectivity index (χ1n) is 9.32. The third kappa shape index (κ3) is 2.07. The summed E-state index contributed by atoms with van der Waals surface area (Å²) in [6, 6.07) is 0. The summed E-state index contributed by atoms with van der Waals surface area (Å²) in [6.07, 6.45) is 9.52. The molecule has 3 nitrogen and oxygen atoms in total. The number of rotatable bonds is 0. The number of carbonyl (C=O) groups is 1. The maximum absolute atomic E-state index is 11.8. The van der Waals surface area contributed by atoms with Crippen molar-refractivity contribution in [3.63, 3.8) is 0 Å². The van der Waals surface area contributed by atoms with Crippen molar-refractivity contribution in [1.29, 1.82) is 0 Å². The standard InChI is InChI=1S/C19H30O3/c1-18-9-7-13(20)11-12(18)3-4-14-15(18)8-10-19(2)16(14)5-6-17(21)22-19/h12-16,20H,3-11H2,1-2H3/t12-,13+,14+,15-,16+,18+,19+/m0/s1. The van der Waals surface area contributed by atoms with Gasteiger partial charge in [-0.1, -0.05) is 6.92 Å². The van der Waals surface area contributed by atoms with Crippen molar-refractivity contribution in [3.05, 3.63) is 0 Å². The van der Waals surface area contributed by atoms with E-state index in [0.717, 1.165) is 37.5 Å². The first-order chi connectivity index (χ1) is 10.4. The van der Waals surface area contributed by atoms with Gasteiger partial charge >= 0.3 is 5.97 Å². The Morgan fingerprint density at radius 1 is 1.05 bits per heavy atom. The Labute approximate surface area is 133 Å². The molecule has 0 unspecified atom stereocenters. The monoisotopic (exact) mass is 306 g/mol. The van der Waals surface area contributed by atoms with Crippen LogP contribution >= 0.6 is 0 Å². The number of aliphatic hydroxyl groups excluding tert-OH is 1. The van der Waals surface area contributed by atoms with Gasteiger partial charge in [0, 0.05) is 12.3 Å². The summed E-state index contributed by atoms with van der Waals surface area (Å²) in [6.45, 7) is 4.68. The predicted octanol–water partition coefficient (Wildman–Crippen LogP) is 3.69. The van der Waals surface area contributed by atoms with Gasteiger partial charge in [0.2, 0.25) is 0 Å². The molecule has 0 aromatic heterocycles. The fourth-order valence-corrected chi connectivity index (χ4v) is 6.75. The number of hydrogen-bond acceptors (Lipinski definition) is 3. The van der Waals surface area contributed by atoms with E-state index in [-0.39, 0.29) is 17.7 Å². The Hall–Kier alpha value is -0.570. The van der Waals surface area contributed by atoms with E-state index in [1.165, 1.54) is 25.7 Å². The Morgan fingerprint density at radius 2 is 1.86 bits per heavy atom. The maximum Gasteiger partial charge on any atom is 0.306 e. The molecular formula is C19H30O3. The summed E-state index contributed by atoms with van der Waals surface area (Å²) in [5.74, 6) is 2.77. The molecule has 4 aliphatic rings. The smallest absolute Gasteiger partial charge is 0.306 e. The lowest BCUT2D eigenvalue weighted by Gasteiger charge is -2.61. The molecule has 0 amide bonds. The minimum atomic E-state index is -0.201. The molecule has 0 radical (unpaired) electrons. The van der Waals surface area contributed by atoms with Crippen LogP contribution < -0.4 is 0 Å². The SMILES string of the molecule is C[C@@]12CC[C@@H](O)C[C@@H]1CC[C@H]1[C@H]3CCC(=O)O[C@]3(C)CC[C@@H]12. The second kappa shape index (κ2) is 4.96. The summed E-state index contributed by atoms with van der Waals surface area (Å²) in [5.41, 5.74) is 0.207. The molecule has 0 bridgehead atoms. The van der Waals surface area contributed by atoms with Crippen LogP contribution in [-0.4, -0.2) is 22.8 Å². The second-order valence-corrected chi connectivity index (χ2v) is 8.95. The largest absolute Gasteiger partial charge is 0.459 e. The number of carbonyl (C=O) groups excluding carboxylic acids is 1. The van der Waals surface area contributed by atoms with Gasteiger partial charge < -0.3 is 9.84 Å². The number of aliphatic hydroxyl groups is 1. The Balaban J connectivity index is 1.61. The van der Waals surface area contributed by atoms with Gasteiger partial charge in [-0.2, -0.15) is 0 Å². The molecule has 0 spiro atoms. The number of esters is 1. The molecule has 1 saturated heterocycles. The molecule has 22 heavy (non-hydrogen) atoms. The highest BCUT2D eigenvalue weighted by Gasteiger charge is 2.58. The van der Waals surface area contributed by atoms with Crippen molar-refractivity contribution in [2.45, 2.75) is 83.3 Å². The minimum Gasteiger partial charge on any atom is -0.459 e. The van der Waals surface area contributed by atoms with Crippen molar-refractivity contribution < 1.29 is 14.6 Å². The molecule has 1 N–H and O–H groups in total. The molecule has 1 heterocycles. The van der Waals surface area contributed by atoms with Gasteiger partial charge in [0.15, 0.2) is 0 Å². The van der Waals surface area contributed by atoms with Crippen LogP contribution in [0.25, 0.3) is 0 Å². The highest BCUT2D eigenvalue weighted by Crippen LogP contribution is 2.63. The van der Waals surface area contributed by atoms with Gasteiger partial charge in [-0.3, -0.25) is 4.79 Å². The van der Waals surface area contributed by atoms with Crippen LogP contribution in [0.2, 0.25) is 0 Å². The molecule has 7 atom stereocenters. The van der Waals surface area contributed by atoms with Crippen molar-refractivity contribution in [3.8, 4) is 0 Å². The average Bonchev–Trinajstić information content (AvgIpc) is 2.46. The zero-order chi connectivity index (χ0) is 15.5. The first kappa shape index (κ1) is 15.0. The summed E-state index contributed by atoms with van der Waals surface area (Å²) in [5, 5.41) is 10.1. The number of hydrogen-bond donors (Lipinski definition) is 1. The van der Waals surface area contributed by atoms with Crippen molar-refractivity contribution in [1.82, 2.24) is 0 Å². The second-order valence-electron chi connectivity index (χ2n) is 8.95. The number of ether oxygens (including phenoxy) is 1. The van der Waals surface area contributed by atoms with Crippen LogP contribution in [0, 0.1) is 29.1 Å². The van der Waals surface area contributed by atoms with Crippen LogP contribution in [-0.2, 0) is 9.53 Å². The molecule has 0 aromatic carbocycles. The van der Waals surface area contributed by atoms with E-state index < -0.39 is 0 Å². The van der Waals surface area contributed by atoms with Crippen LogP contribution in [0.3, 0.4) is 0 Å². The van der Waals surface area contributed by atoms with Gasteiger partial charge in [0.25, 0.3) is 0 Å². The van der Waals surface area contributed by atoms with E-state index in [4.69, 9.17) is 4.74 Å². The number of fused-ring (bicyclic) bond motifs is 5. The normalized spacial score (nSPS) is 54.7. The molecule has 4 rings (SSSR count). The fourth-order valence-electron chi connectivity index (χ4n) is 6.75. The van der Waals surface area contributed by atoms with Gasteiger partial charge in [-0.25, -0.2) is 0 Å². The van der Waals surface area contributed by atoms with E-state index in [1.54, 1.807) is 0 Å². The highest BCUT2D eigenvalue weighted by molar-refractivity contribution is 5.70. The third-order valence-electron chi connectivity index (χ3n) is 7.98. The minimum absolute atomic E-state index is 0.0119. The third-order valence-corrected chi connectivity index (χ3v) is 7.98. The fraction of sp³-hybridized carbons (Fsp3) is 0.947. The molecule has 1 aliphatic heterocycles. The van der Waals surface area contributed by atoms with Crippen LogP contribution in [0.1, 0.15) is 71.6 Å². The van der Waals surface area contributed by atoms with Crippen molar-refractivity contribution in [2.24, 2.45) is 29.1 Å². The van der Waals surface area contributed by atoms with E-state index in [9.17, 15) is 9.90 Å². The van der Waals surface area contributed by atoms with Crippen molar-refractivity contribution >= 4 is 5.97 Å². The van der Waals surface area contributed by atoms with E-state index in [2.05, 4.69) is 13.8 Å². The van der Waals surface area contributed by atoms with E-state index in [0.29, 0.717) is 23.7 Å². The quantitative estimate of drug-likeness (QED) is 0.694. The predicted molar refractivity (Wildman–Crippen MR) is 84.1 cm³/mol. The van der Waals surface area contributed by atoms with Gasteiger partial charge in [-0.15, -0.1) is 0 Å². The Bertz CT molecular complexity index is 475. The summed E-state index contributed by atoms with van der Waals surface area (Å²) in [7, 11) is 0. The zero-order valence-electron chi connectivity index (χ0n) is 14.0. The summed E-state index contributed by atoms with van der Waals surface area (Å²) < 4.78 is 5.83. The van der Waals surface area contributed by atoms with Crippen LogP contribution in [0.15, 0.2) is 0 Å². The molecular weight excluding hydrogens is 276 g/mol. The summed E-state index contributed by atoms with van der Waals surface area (Å²) >= 11 is 0. The zero-order valence-corrected chi connectivity index (χ0v) is 14.0. The highest BCUT2D eigenvalue weighted by atomic mass is 16.6. The Morgan fingerprint density at radius 3 is 2.68 bits per heavy atom. The van der Waals surface area contributed by atoms with Crippen LogP contribution in [0.4, 0.5) is 0 Å². The molecule has 3 saturated carbocycles. The molecule has 124 valence electrons. The first-order valence-corrected chi connectivity index (χ1v) is 9.32. The maximum atomic E-state index is 11.8. The summed E-state index contributed by atoms with van der Waals surface area (Å²) in [4.78, 5) is 11.8. The lowest BCUT2D eigenvalue weighted by molar-refractivity contribution is -0.204. The topological polar surface area (TPSA) is 46.5 Å². The van der Waals surface area contributed by atoms with Crippen LogP contribution in [0.5, 0.6) is 0 Å². The average molecular weight is 306 g/mol.